The summed E-state index contributed by atoms with van der Waals surface area (Å²) < 4.78 is 9.85. The first-order valence-electron chi connectivity index (χ1n) is 4.16. The van der Waals surface area contributed by atoms with E-state index in [0.717, 1.165) is 0 Å². The Balaban J connectivity index is 2.79. The predicted octanol–water partition coefficient (Wildman–Crippen LogP) is 0.790. The number of ether oxygens (including phenoxy) is 2. The first-order chi connectivity index (χ1) is 6.29. The fourth-order valence-electron chi connectivity index (χ4n) is 1.13. The largest absolute Gasteiger partial charge is 0.463 e. The molecule has 1 heterocycles. The molecule has 0 aromatic heterocycles. The highest BCUT2D eigenvalue weighted by molar-refractivity contribution is 5.90. The van der Waals surface area contributed by atoms with Gasteiger partial charge in [0.1, 0.15) is 0 Å². The van der Waals surface area contributed by atoms with E-state index in [-0.39, 0.29) is 12.6 Å². The summed E-state index contributed by atoms with van der Waals surface area (Å²) in [7, 11) is 0. The Labute approximate surface area is 76.7 Å². The average Bonchev–Trinajstić information content (AvgIpc) is 2.18. The van der Waals surface area contributed by atoms with Gasteiger partial charge in [0.25, 0.3) is 0 Å². The Morgan fingerprint density at radius 1 is 1.77 bits per heavy atom. The number of esters is 1. The summed E-state index contributed by atoms with van der Waals surface area (Å²) in [5, 5.41) is 8.68. The Kier molecular flexibility index (Phi) is 3.47. The lowest BCUT2D eigenvalue weighted by Crippen LogP contribution is -2.18. The first-order valence-corrected chi connectivity index (χ1v) is 4.16. The van der Waals surface area contributed by atoms with Gasteiger partial charge < -0.3 is 9.47 Å². The molecule has 4 nitrogen and oxygen atoms in total. The molecule has 70 valence electrons. The number of rotatable bonds is 2. The van der Waals surface area contributed by atoms with Gasteiger partial charge in [-0.25, -0.2) is 4.79 Å². The lowest BCUT2D eigenvalue weighted by atomic mass is 10.1. The molecular formula is C9H11NO3. The highest BCUT2D eigenvalue weighted by atomic mass is 16.5. The summed E-state index contributed by atoms with van der Waals surface area (Å²) in [6, 6.07) is 1.95. The minimum atomic E-state index is -0.387. The van der Waals surface area contributed by atoms with Crippen LogP contribution in [0.4, 0.5) is 0 Å². The molecule has 0 fully saturated rings. The standard InChI is InChI=1S/C9H11NO3/c1-2-13-9(11)8-3-4-12-6-7(8)5-10/h2-4,6H2,1H3. The Morgan fingerprint density at radius 2 is 2.54 bits per heavy atom. The van der Waals surface area contributed by atoms with E-state index in [1.807, 2.05) is 6.07 Å². The SMILES string of the molecule is CCOC(=O)C1=C(C#N)COCC1. The molecule has 1 aliphatic rings. The third-order valence-electron chi connectivity index (χ3n) is 1.76. The van der Waals surface area contributed by atoms with Gasteiger partial charge in [0, 0.05) is 6.42 Å². The molecule has 0 N–H and O–H groups in total. The summed E-state index contributed by atoms with van der Waals surface area (Å²) in [6.45, 7) is 2.79. The number of nitrogens with zero attached hydrogens (tertiary/aromatic N) is 1. The average molecular weight is 181 g/mol. The van der Waals surface area contributed by atoms with Gasteiger partial charge >= 0.3 is 5.97 Å². The smallest absolute Gasteiger partial charge is 0.335 e. The zero-order valence-corrected chi connectivity index (χ0v) is 7.50. The summed E-state index contributed by atoms with van der Waals surface area (Å²) in [5.74, 6) is -0.387. The van der Waals surface area contributed by atoms with Crippen molar-refractivity contribution in [1.82, 2.24) is 0 Å². The normalized spacial score (nSPS) is 16.6. The molecule has 0 amide bonds. The molecule has 0 spiro atoms. The van der Waals surface area contributed by atoms with E-state index < -0.39 is 0 Å². The van der Waals surface area contributed by atoms with Gasteiger partial charge in [0.05, 0.1) is 37.0 Å². The lowest BCUT2D eigenvalue weighted by molar-refractivity contribution is -0.139. The van der Waals surface area contributed by atoms with Gasteiger partial charge in [-0.3, -0.25) is 0 Å². The van der Waals surface area contributed by atoms with E-state index >= 15 is 0 Å². The van der Waals surface area contributed by atoms with Gasteiger partial charge in [-0.05, 0) is 6.92 Å². The number of carbonyl (C=O) groups is 1. The molecule has 4 heteroatoms. The van der Waals surface area contributed by atoms with E-state index in [0.29, 0.717) is 30.8 Å². The van der Waals surface area contributed by atoms with Crippen molar-refractivity contribution in [2.75, 3.05) is 19.8 Å². The monoisotopic (exact) mass is 181 g/mol. The van der Waals surface area contributed by atoms with Crippen LogP contribution >= 0.6 is 0 Å². The van der Waals surface area contributed by atoms with Crippen LogP contribution in [0.25, 0.3) is 0 Å². The van der Waals surface area contributed by atoms with E-state index in [1.54, 1.807) is 6.92 Å². The van der Waals surface area contributed by atoms with Crippen molar-refractivity contribution in [2.24, 2.45) is 0 Å². The summed E-state index contributed by atoms with van der Waals surface area (Å²) in [5.41, 5.74) is 0.861. The molecular weight excluding hydrogens is 170 g/mol. The second kappa shape index (κ2) is 4.63. The highest BCUT2D eigenvalue weighted by Crippen LogP contribution is 2.16. The zero-order valence-electron chi connectivity index (χ0n) is 7.50. The van der Waals surface area contributed by atoms with Crippen molar-refractivity contribution in [2.45, 2.75) is 13.3 Å². The van der Waals surface area contributed by atoms with E-state index in [2.05, 4.69) is 0 Å². The predicted molar refractivity (Wildman–Crippen MR) is 44.7 cm³/mol. The van der Waals surface area contributed by atoms with Gasteiger partial charge in [-0.1, -0.05) is 0 Å². The first kappa shape index (κ1) is 9.75. The van der Waals surface area contributed by atoms with Crippen LogP contribution in [0.3, 0.4) is 0 Å². The molecule has 0 bridgehead atoms. The molecule has 0 saturated heterocycles. The molecule has 0 radical (unpaired) electrons. The van der Waals surface area contributed by atoms with E-state index in [1.165, 1.54) is 0 Å². The fraction of sp³-hybridized carbons (Fsp3) is 0.556. The molecule has 0 atom stereocenters. The quantitative estimate of drug-likeness (QED) is 0.591. The molecule has 0 aliphatic carbocycles. The summed E-state index contributed by atoms with van der Waals surface area (Å²) >= 11 is 0. The van der Waals surface area contributed by atoms with Crippen LogP contribution in [0.2, 0.25) is 0 Å². The molecule has 1 rings (SSSR count). The highest BCUT2D eigenvalue weighted by Gasteiger charge is 2.20. The van der Waals surface area contributed by atoms with Crippen LogP contribution in [0.5, 0.6) is 0 Å². The zero-order chi connectivity index (χ0) is 9.68. The molecule has 0 unspecified atom stereocenters. The number of hydrogen-bond donors (Lipinski definition) is 0. The third-order valence-corrected chi connectivity index (χ3v) is 1.76. The number of hydrogen-bond acceptors (Lipinski definition) is 4. The second-order valence-corrected chi connectivity index (χ2v) is 2.59. The van der Waals surface area contributed by atoms with Crippen molar-refractivity contribution < 1.29 is 14.3 Å². The van der Waals surface area contributed by atoms with Crippen LogP contribution in [-0.2, 0) is 14.3 Å². The number of carbonyl (C=O) groups excluding carboxylic acids is 1. The maximum Gasteiger partial charge on any atom is 0.335 e. The maximum absolute atomic E-state index is 11.3. The third kappa shape index (κ3) is 2.30. The fourth-order valence-corrected chi connectivity index (χ4v) is 1.13. The molecule has 0 aromatic rings. The van der Waals surface area contributed by atoms with Crippen molar-refractivity contribution >= 4 is 5.97 Å². The van der Waals surface area contributed by atoms with Gasteiger partial charge in [-0.15, -0.1) is 0 Å². The molecule has 13 heavy (non-hydrogen) atoms. The minimum Gasteiger partial charge on any atom is -0.463 e. The Hall–Kier alpha value is -1.34. The van der Waals surface area contributed by atoms with E-state index in [4.69, 9.17) is 14.7 Å². The van der Waals surface area contributed by atoms with Crippen molar-refractivity contribution in [1.29, 1.82) is 5.26 Å². The van der Waals surface area contributed by atoms with Gasteiger partial charge in [0.2, 0.25) is 0 Å². The second-order valence-electron chi connectivity index (χ2n) is 2.59. The maximum atomic E-state index is 11.3. The summed E-state index contributed by atoms with van der Waals surface area (Å²) in [6.07, 6.45) is 0.474. The van der Waals surface area contributed by atoms with Crippen LogP contribution < -0.4 is 0 Å². The van der Waals surface area contributed by atoms with Crippen LogP contribution in [-0.4, -0.2) is 25.8 Å². The molecule has 0 saturated carbocycles. The van der Waals surface area contributed by atoms with Crippen molar-refractivity contribution in [3.63, 3.8) is 0 Å². The van der Waals surface area contributed by atoms with E-state index in [9.17, 15) is 4.79 Å². The minimum absolute atomic E-state index is 0.227. The van der Waals surface area contributed by atoms with Crippen molar-refractivity contribution in [3.8, 4) is 6.07 Å². The van der Waals surface area contributed by atoms with Gasteiger partial charge in [0.15, 0.2) is 0 Å². The Morgan fingerprint density at radius 3 is 3.15 bits per heavy atom. The van der Waals surface area contributed by atoms with Crippen molar-refractivity contribution in [3.05, 3.63) is 11.1 Å². The Bertz CT molecular complexity index is 275. The van der Waals surface area contributed by atoms with Crippen LogP contribution in [0.1, 0.15) is 13.3 Å². The summed E-state index contributed by atoms with van der Waals surface area (Å²) in [4.78, 5) is 11.3. The van der Waals surface area contributed by atoms with Crippen LogP contribution in [0, 0.1) is 11.3 Å². The van der Waals surface area contributed by atoms with Gasteiger partial charge in [-0.2, -0.15) is 5.26 Å². The molecule has 0 aromatic carbocycles. The lowest BCUT2D eigenvalue weighted by Gasteiger charge is -2.14. The topological polar surface area (TPSA) is 59.3 Å². The van der Waals surface area contributed by atoms with Crippen LogP contribution in [0.15, 0.2) is 11.1 Å². The molecule has 1 aliphatic heterocycles. The number of nitriles is 1.